The number of ether oxygens (including phenoxy) is 1. The molecular formula is C16H28INOS. The fourth-order valence-electron chi connectivity index (χ4n) is 3.26. The maximum absolute atomic E-state index is 6.01. The molecule has 1 unspecified atom stereocenters. The highest BCUT2D eigenvalue weighted by Crippen LogP contribution is 2.26. The number of nitrogens with zero attached hydrogens (tertiary/aromatic N) is 1. The van der Waals surface area contributed by atoms with Crippen LogP contribution in [-0.2, 0) is 11.3 Å². The molecule has 4 heteroatoms. The summed E-state index contributed by atoms with van der Waals surface area (Å²) in [6.07, 6.45) is 7.38. The van der Waals surface area contributed by atoms with Crippen LogP contribution >= 0.6 is 11.3 Å². The lowest BCUT2D eigenvalue weighted by molar-refractivity contribution is -0.919. The monoisotopic (exact) mass is 409 g/mol. The van der Waals surface area contributed by atoms with Crippen LogP contribution < -0.4 is 24.0 Å². The zero-order valence-electron chi connectivity index (χ0n) is 13.0. The molecule has 1 saturated carbocycles. The van der Waals surface area contributed by atoms with Gasteiger partial charge in [-0.3, -0.25) is 0 Å². The van der Waals surface area contributed by atoms with E-state index in [1.54, 1.807) is 11.3 Å². The predicted octanol–water partition coefficient (Wildman–Crippen LogP) is 1.07. The molecule has 0 aromatic carbocycles. The molecule has 2 rings (SSSR count). The van der Waals surface area contributed by atoms with E-state index in [9.17, 15) is 0 Å². The number of quaternary nitrogens is 1. The van der Waals surface area contributed by atoms with Gasteiger partial charge in [0.1, 0.15) is 12.6 Å². The Bertz CT molecular complexity index is 361. The first-order valence-corrected chi connectivity index (χ1v) is 8.42. The molecule has 0 aliphatic heterocycles. The molecule has 0 N–H and O–H groups in total. The minimum atomic E-state index is 0. The molecule has 20 heavy (non-hydrogen) atoms. The lowest BCUT2D eigenvalue weighted by Crippen LogP contribution is -3.00. The fraction of sp³-hybridized carbons (Fsp3) is 0.750. The van der Waals surface area contributed by atoms with Crippen molar-refractivity contribution in [2.45, 2.75) is 57.8 Å². The van der Waals surface area contributed by atoms with Crippen molar-refractivity contribution in [2.24, 2.45) is 0 Å². The van der Waals surface area contributed by atoms with E-state index in [-0.39, 0.29) is 24.0 Å². The first kappa shape index (κ1) is 18.4. The normalized spacial score (nSPS) is 18.6. The Morgan fingerprint density at radius 1 is 1.30 bits per heavy atom. The predicted molar refractivity (Wildman–Crippen MR) is 82.4 cm³/mol. The van der Waals surface area contributed by atoms with Gasteiger partial charge in [0.05, 0.1) is 26.7 Å². The Morgan fingerprint density at radius 3 is 2.60 bits per heavy atom. The molecule has 1 aliphatic rings. The van der Waals surface area contributed by atoms with Crippen LogP contribution in [0.3, 0.4) is 0 Å². The molecule has 1 aromatic heterocycles. The van der Waals surface area contributed by atoms with Crippen molar-refractivity contribution in [3.8, 4) is 0 Å². The largest absolute Gasteiger partial charge is 1.00 e. The van der Waals surface area contributed by atoms with E-state index in [2.05, 4.69) is 38.5 Å². The van der Waals surface area contributed by atoms with Gasteiger partial charge in [-0.05, 0) is 44.1 Å². The Hall–Kier alpha value is 0.350. The summed E-state index contributed by atoms with van der Waals surface area (Å²) in [5.41, 5.74) is 0. The Labute approximate surface area is 145 Å². The van der Waals surface area contributed by atoms with Crippen molar-refractivity contribution in [1.82, 2.24) is 0 Å². The van der Waals surface area contributed by atoms with Crippen molar-refractivity contribution in [1.29, 1.82) is 0 Å². The van der Waals surface area contributed by atoms with Crippen LogP contribution in [0.4, 0.5) is 0 Å². The van der Waals surface area contributed by atoms with Crippen LogP contribution in [0.5, 0.6) is 0 Å². The summed E-state index contributed by atoms with van der Waals surface area (Å²) in [6.45, 7) is 4.11. The zero-order chi connectivity index (χ0) is 13.7. The molecule has 0 bridgehead atoms. The van der Waals surface area contributed by atoms with Gasteiger partial charge in [0, 0.05) is 4.88 Å². The van der Waals surface area contributed by atoms with E-state index in [1.807, 2.05) is 0 Å². The van der Waals surface area contributed by atoms with Crippen LogP contribution in [0, 0.1) is 0 Å². The molecule has 1 aliphatic carbocycles. The number of halogens is 1. The molecule has 2 nitrogen and oxygen atoms in total. The van der Waals surface area contributed by atoms with Crippen LogP contribution in [0.2, 0.25) is 0 Å². The van der Waals surface area contributed by atoms with Crippen molar-refractivity contribution < 1.29 is 33.2 Å². The number of hydrogen-bond donors (Lipinski definition) is 0. The van der Waals surface area contributed by atoms with Crippen LogP contribution in [-0.4, -0.2) is 37.3 Å². The summed E-state index contributed by atoms with van der Waals surface area (Å²) in [7, 11) is 4.75. The van der Waals surface area contributed by atoms with E-state index in [1.165, 1.54) is 37.0 Å². The minimum absolute atomic E-state index is 0. The van der Waals surface area contributed by atoms with E-state index < -0.39 is 0 Å². The quantitative estimate of drug-likeness (QED) is 0.505. The second-order valence-corrected chi connectivity index (χ2v) is 7.49. The minimum Gasteiger partial charge on any atom is -1.00 e. The van der Waals surface area contributed by atoms with E-state index in [0.717, 1.165) is 23.7 Å². The lowest BCUT2D eigenvalue weighted by Gasteiger charge is -2.41. The van der Waals surface area contributed by atoms with Gasteiger partial charge in [0.2, 0.25) is 0 Å². The summed E-state index contributed by atoms with van der Waals surface area (Å²) in [5.74, 6) is 0. The average molecular weight is 409 g/mol. The van der Waals surface area contributed by atoms with Gasteiger partial charge in [0.25, 0.3) is 0 Å². The van der Waals surface area contributed by atoms with Crippen molar-refractivity contribution in [2.75, 3.05) is 20.6 Å². The third-order valence-corrected chi connectivity index (χ3v) is 5.23. The number of rotatable bonds is 6. The third-order valence-electron chi connectivity index (χ3n) is 4.38. The Kier molecular flexibility index (Phi) is 8.01. The highest BCUT2D eigenvalue weighted by atomic mass is 127. The number of thiophene rings is 1. The molecule has 1 aromatic rings. The molecule has 0 saturated heterocycles. The standard InChI is InChI=1S/C16H28NOS.HI/c1-14(18-13-16-10-7-11-19-16)12-17(2,3)15-8-5-4-6-9-15;/h7,10-11,14-15H,4-6,8-9,12-13H2,1-3H3;1H/q+1;/p-1. The maximum atomic E-state index is 6.01. The van der Waals surface area contributed by atoms with E-state index >= 15 is 0 Å². The smallest absolute Gasteiger partial charge is 0.105 e. The fourth-order valence-corrected chi connectivity index (χ4v) is 3.89. The third kappa shape index (κ3) is 5.62. The zero-order valence-corrected chi connectivity index (χ0v) is 16.0. The summed E-state index contributed by atoms with van der Waals surface area (Å²) in [6, 6.07) is 5.08. The molecule has 0 radical (unpaired) electrons. The van der Waals surface area contributed by atoms with Gasteiger partial charge >= 0.3 is 0 Å². The number of likely N-dealkylation sites (N-methyl/N-ethyl adjacent to an activating group) is 1. The SMILES string of the molecule is CC(C[N+](C)(C)C1CCCCC1)OCc1cccs1.[I-]. The van der Waals surface area contributed by atoms with Gasteiger partial charge in [-0.25, -0.2) is 0 Å². The summed E-state index contributed by atoms with van der Waals surface area (Å²) >= 11 is 1.78. The average Bonchev–Trinajstić information content (AvgIpc) is 2.90. The molecule has 0 spiro atoms. The highest BCUT2D eigenvalue weighted by Gasteiger charge is 2.31. The van der Waals surface area contributed by atoms with Gasteiger partial charge in [-0.2, -0.15) is 0 Å². The van der Waals surface area contributed by atoms with Gasteiger partial charge in [-0.1, -0.05) is 12.5 Å². The second-order valence-electron chi connectivity index (χ2n) is 6.45. The number of hydrogen-bond acceptors (Lipinski definition) is 2. The maximum Gasteiger partial charge on any atom is 0.105 e. The first-order valence-electron chi connectivity index (χ1n) is 7.54. The van der Waals surface area contributed by atoms with E-state index in [0.29, 0.717) is 6.10 Å². The first-order chi connectivity index (χ1) is 9.08. The van der Waals surface area contributed by atoms with Crippen molar-refractivity contribution in [3.05, 3.63) is 22.4 Å². The van der Waals surface area contributed by atoms with E-state index in [4.69, 9.17) is 4.74 Å². The molecule has 0 amide bonds. The Morgan fingerprint density at radius 2 is 2.00 bits per heavy atom. The summed E-state index contributed by atoms with van der Waals surface area (Å²) in [4.78, 5) is 1.33. The van der Waals surface area contributed by atoms with Crippen molar-refractivity contribution >= 4 is 11.3 Å². The second kappa shape index (κ2) is 8.71. The molecule has 1 atom stereocenters. The van der Waals surface area contributed by atoms with Crippen molar-refractivity contribution in [3.63, 3.8) is 0 Å². The van der Waals surface area contributed by atoms with Crippen LogP contribution in [0.15, 0.2) is 17.5 Å². The van der Waals surface area contributed by atoms with Crippen LogP contribution in [0.1, 0.15) is 43.9 Å². The van der Waals surface area contributed by atoms with Gasteiger partial charge in [0.15, 0.2) is 0 Å². The van der Waals surface area contributed by atoms with Gasteiger partial charge in [-0.15, -0.1) is 11.3 Å². The highest BCUT2D eigenvalue weighted by molar-refractivity contribution is 7.09. The molecule has 1 fully saturated rings. The lowest BCUT2D eigenvalue weighted by atomic mass is 9.93. The summed E-state index contributed by atoms with van der Waals surface area (Å²) in [5, 5.41) is 2.12. The molecule has 116 valence electrons. The summed E-state index contributed by atoms with van der Waals surface area (Å²) < 4.78 is 7.12. The Balaban J connectivity index is 0.00000200. The molecule has 1 heterocycles. The molecular weight excluding hydrogens is 381 g/mol. The topological polar surface area (TPSA) is 9.23 Å². The van der Waals surface area contributed by atoms with Gasteiger partial charge < -0.3 is 33.2 Å². The van der Waals surface area contributed by atoms with Crippen LogP contribution in [0.25, 0.3) is 0 Å².